The Bertz CT molecular complexity index is 446. The highest BCUT2D eigenvalue weighted by atomic mass is 79.9. The molecule has 0 radical (unpaired) electrons. The number of carbonyl (C=O) groups is 1. The molecule has 1 aromatic heterocycles. The van der Waals surface area contributed by atoms with Gasteiger partial charge in [0.25, 0.3) is 5.91 Å². The molecule has 2 N–H and O–H groups in total. The van der Waals surface area contributed by atoms with Gasteiger partial charge in [-0.25, -0.2) is 4.98 Å². The van der Waals surface area contributed by atoms with E-state index in [-0.39, 0.29) is 36.8 Å². The lowest BCUT2D eigenvalue weighted by atomic mass is 10.2. The number of hydrogen-bond donors (Lipinski definition) is 2. The first-order chi connectivity index (χ1) is 8.95. The third kappa shape index (κ3) is 7.31. The fourth-order valence-electron chi connectivity index (χ4n) is 1.72. The number of likely N-dealkylation sites (N-methyl/N-ethyl adjacent to an activating group) is 1. The zero-order valence-electron chi connectivity index (χ0n) is 12.6. The smallest absolute Gasteiger partial charge is 0.255 e. The first-order valence-corrected chi connectivity index (χ1v) is 7.09. The van der Waals surface area contributed by atoms with Gasteiger partial charge in [0.2, 0.25) is 0 Å². The Kier molecular flexibility index (Phi) is 12.0. The molecule has 122 valence electrons. The van der Waals surface area contributed by atoms with Crippen molar-refractivity contribution in [2.45, 2.75) is 19.9 Å². The van der Waals surface area contributed by atoms with Gasteiger partial charge in [0.1, 0.15) is 5.82 Å². The van der Waals surface area contributed by atoms with E-state index in [0.29, 0.717) is 17.9 Å². The fourth-order valence-corrected chi connectivity index (χ4v) is 2.05. The molecule has 1 heterocycles. The van der Waals surface area contributed by atoms with Crippen molar-refractivity contribution in [2.75, 3.05) is 32.1 Å². The van der Waals surface area contributed by atoms with Crippen LogP contribution in [0.5, 0.6) is 0 Å². The van der Waals surface area contributed by atoms with Crippen molar-refractivity contribution in [3.05, 3.63) is 22.3 Å². The van der Waals surface area contributed by atoms with Crippen LogP contribution in [0.4, 0.5) is 5.82 Å². The molecular weight excluding hydrogens is 379 g/mol. The highest BCUT2D eigenvalue weighted by molar-refractivity contribution is 9.10. The Labute approximate surface area is 147 Å². The number of nitrogens with zero attached hydrogens (tertiary/aromatic N) is 2. The molecule has 21 heavy (non-hydrogen) atoms. The number of hydrogen-bond acceptors (Lipinski definition) is 4. The van der Waals surface area contributed by atoms with Crippen molar-refractivity contribution in [2.24, 2.45) is 0 Å². The van der Waals surface area contributed by atoms with Gasteiger partial charge in [-0.3, -0.25) is 4.79 Å². The summed E-state index contributed by atoms with van der Waals surface area (Å²) in [5.41, 5.74) is 0.572. The molecule has 1 rings (SSSR count). The Hall–Kier alpha value is -0.560. The monoisotopic (exact) mass is 400 g/mol. The maximum atomic E-state index is 12.2. The summed E-state index contributed by atoms with van der Waals surface area (Å²) in [6.45, 7) is 5.56. The maximum absolute atomic E-state index is 12.2. The Morgan fingerprint density at radius 2 is 2.05 bits per heavy atom. The molecule has 0 unspecified atom stereocenters. The van der Waals surface area contributed by atoms with Gasteiger partial charge < -0.3 is 15.5 Å². The van der Waals surface area contributed by atoms with Crippen LogP contribution in [0.2, 0.25) is 0 Å². The van der Waals surface area contributed by atoms with Crippen molar-refractivity contribution >= 4 is 52.5 Å². The van der Waals surface area contributed by atoms with Crippen LogP contribution in [-0.4, -0.2) is 44.1 Å². The zero-order chi connectivity index (χ0) is 14.4. The van der Waals surface area contributed by atoms with Crippen LogP contribution in [0.3, 0.4) is 0 Å². The average Bonchev–Trinajstić information content (AvgIpc) is 2.35. The van der Waals surface area contributed by atoms with E-state index >= 15 is 0 Å². The summed E-state index contributed by atoms with van der Waals surface area (Å²) in [6, 6.07) is 2.03. The molecule has 1 amide bonds. The van der Waals surface area contributed by atoms with E-state index in [0.717, 1.165) is 11.0 Å². The number of aromatic nitrogens is 1. The van der Waals surface area contributed by atoms with E-state index in [2.05, 4.69) is 31.5 Å². The van der Waals surface area contributed by atoms with E-state index in [9.17, 15) is 4.79 Å². The molecule has 0 aliphatic rings. The highest BCUT2D eigenvalue weighted by Crippen LogP contribution is 2.19. The van der Waals surface area contributed by atoms with Crippen LogP contribution in [-0.2, 0) is 0 Å². The van der Waals surface area contributed by atoms with Crippen LogP contribution < -0.4 is 15.5 Å². The normalized spacial score (nSPS) is 10.9. The second-order valence-electron chi connectivity index (χ2n) is 4.59. The molecule has 0 spiro atoms. The number of rotatable bonds is 6. The van der Waals surface area contributed by atoms with Gasteiger partial charge in [0.15, 0.2) is 0 Å². The predicted molar refractivity (Wildman–Crippen MR) is 96.2 cm³/mol. The molecule has 0 saturated heterocycles. The molecule has 0 aliphatic carbocycles. The molecule has 1 aromatic rings. The van der Waals surface area contributed by atoms with Crippen LogP contribution in [0, 0.1) is 0 Å². The minimum Gasteiger partial charge on any atom is -0.362 e. The van der Waals surface area contributed by atoms with Crippen LogP contribution in [0.15, 0.2) is 16.7 Å². The lowest BCUT2D eigenvalue weighted by molar-refractivity contribution is 0.0950. The summed E-state index contributed by atoms with van der Waals surface area (Å²) < 4.78 is 0.794. The highest BCUT2D eigenvalue weighted by Gasteiger charge is 2.15. The number of amides is 1. The maximum Gasteiger partial charge on any atom is 0.255 e. The van der Waals surface area contributed by atoms with E-state index in [1.807, 2.05) is 32.8 Å². The number of halogens is 3. The van der Waals surface area contributed by atoms with Crippen molar-refractivity contribution < 1.29 is 4.79 Å². The Balaban J connectivity index is 0. The van der Waals surface area contributed by atoms with Gasteiger partial charge in [-0.15, -0.1) is 24.8 Å². The van der Waals surface area contributed by atoms with Crippen molar-refractivity contribution in [1.82, 2.24) is 15.6 Å². The van der Waals surface area contributed by atoms with Gasteiger partial charge in [0.05, 0.1) is 5.56 Å². The van der Waals surface area contributed by atoms with Gasteiger partial charge in [-0.05, 0) is 35.5 Å². The summed E-state index contributed by atoms with van der Waals surface area (Å²) in [5, 5.41) is 6.17. The number of nitrogens with one attached hydrogen (secondary N) is 2. The second-order valence-corrected chi connectivity index (χ2v) is 5.50. The largest absolute Gasteiger partial charge is 0.362 e. The Morgan fingerprint density at radius 1 is 1.43 bits per heavy atom. The van der Waals surface area contributed by atoms with Crippen molar-refractivity contribution in [3.8, 4) is 0 Å². The first-order valence-electron chi connectivity index (χ1n) is 6.30. The molecule has 0 aromatic carbocycles. The quantitative estimate of drug-likeness (QED) is 0.768. The van der Waals surface area contributed by atoms with Crippen molar-refractivity contribution in [3.63, 3.8) is 0 Å². The summed E-state index contributed by atoms with van der Waals surface area (Å²) >= 11 is 3.35. The predicted octanol–water partition coefficient (Wildman–Crippen LogP) is 2.48. The minimum absolute atomic E-state index is 0. The SMILES string of the molecule is CCN[C@H](C)CNC(=O)c1cc(Br)cnc1N(C)C.Cl.Cl. The molecule has 5 nitrogen and oxygen atoms in total. The molecule has 0 bridgehead atoms. The van der Waals surface area contributed by atoms with E-state index in [1.165, 1.54) is 0 Å². The fraction of sp³-hybridized carbons (Fsp3) is 0.538. The van der Waals surface area contributed by atoms with E-state index in [1.54, 1.807) is 12.3 Å². The average molecular weight is 402 g/mol. The molecule has 8 heteroatoms. The third-order valence-electron chi connectivity index (χ3n) is 2.62. The standard InChI is InChI=1S/C13H21BrN4O.2ClH/c1-5-15-9(2)7-17-13(19)11-6-10(14)8-16-12(11)18(3)4;;/h6,8-9,15H,5,7H2,1-4H3,(H,17,19);2*1H/t9-;;/m1../s1. The van der Waals surface area contributed by atoms with Gasteiger partial charge in [-0.1, -0.05) is 6.92 Å². The molecule has 0 fully saturated rings. The first kappa shape index (κ1) is 22.7. The zero-order valence-corrected chi connectivity index (χ0v) is 15.9. The molecule has 0 aliphatic heterocycles. The lowest BCUT2D eigenvalue weighted by Crippen LogP contribution is -2.39. The van der Waals surface area contributed by atoms with Crippen LogP contribution in [0.1, 0.15) is 24.2 Å². The van der Waals surface area contributed by atoms with E-state index < -0.39 is 0 Å². The number of carbonyl (C=O) groups excluding carboxylic acids is 1. The van der Waals surface area contributed by atoms with Crippen LogP contribution in [0.25, 0.3) is 0 Å². The number of pyridine rings is 1. The number of anilines is 1. The topological polar surface area (TPSA) is 57.3 Å². The summed E-state index contributed by atoms with van der Waals surface area (Å²) in [5.74, 6) is 0.555. The minimum atomic E-state index is -0.109. The van der Waals surface area contributed by atoms with Gasteiger partial charge >= 0.3 is 0 Å². The van der Waals surface area contributed by atoms with Crippen molar-refractivity contribution in [1.29, 1.82) is 0 Å². The lowest BCUT2D eigenvalue weighted by Gasteiger charge is -2.17. The van der Waals surface area contributed by atoms with E-state index in [4.69, 9.17) is 0 Å². The van der Waals surface area contributed by atoms with Gasteiger partial charge in [-0.2, -0.15) is 0 Å². The van der Waals surface area contributed by atoms with Gasteiger partial charge in [0, 0.05) is 37.4 Å². The summed E-state index contributed by atoms with van der Waals surface area (Å²) in [4.78, 5) is 18.3. The summed E-state index contributed by atoms with van der Waals surface area (Å²) in [6.07, 6.45) is 1.69. The molecule has 0 saturated carbocycles. The second kappa shape index (κ2) is 11.1. The third-order valence-corrected chi connectivity index (χ3v) is 3.06. The molecular formula is C13H23BrCl2N4O. The Morgan fingerprint density at radius 3 is 2.57 bits per heavy atom. The molecule has 1 atom stereocenters. The van der Waals surface area contributed by atoms with Crippen LogP contribution >= 0.6 is 40.7 Å². The summed E-state index contributed by atoms with van der Waals surface area (Å²) in [7, 11) is 3.74.